The number of esters is 1. The van der Waals surface area contributed by atoms with Crippen molar-refractivity contribution >= 4 is 17.7 Å². The molecule has 0 aliphatic carbocycles. The third-order valence-corrected chi connectivity index (χ3v) is 4.32. The molecule has 156 valence electrons. The quantitative estimate of drug-likeness (QED) is 0.574. The van der Waals surface area contributed by atoms with Crippen molar-refractivity contribution < 1.29 is 23.8 Å². The number of rotatable bonds is 8. The lowest BCUT2D eigenvalue weighted by atomic mass is 10.1. The standard InChI is InChI=1S/C22H23N3O5/c1-4-30-22(27)17-7-5-6-15(10-17)12-25-13-20(23-14-25)24-21(26)16-8-9-18(28-2)19(11-16)29-3/h5-11,13-14H,4,12H2,1-3H3,(H,24,26). The van der Waals surface area contributed by atoms with Crippen molar-refractivity contribution in [2.45, 2.75) is 13.5 Å². The number of nitrogens with one attached hydrogen (secondary N) is 1. The zero-order valence-corrected chi connectivity index (χ0v) is 17.0. The average Bonchev–Trinajstić information content (AvgIpc) is 3.20. The Kier molecular flexibility index (Phi) is 6.69. The lowest BCUT2D eigenvalue weighted by Gasteiger charge is -2.09. The predicted octanol–water partition coefficient (Wildman–Crippen LogP) is 3.38. The van der Waals surface area contributed by atoms with Crippen LogP contribution in [0.2, 0.25) is 0 Å². The maximum absolute atomic E-state index is 12.5. The van der Waals surface area contributed by atoms with Crippen LogP contribution in [-0.4, -0.2) is 42.3 Å². The van der Waals surface area contributed by atoms with E-state index < -0.39 is 0 Å². The van der Waals surface area contributed by atoms with Crippen LogP contribution in [0.15, 0.2) is 55.0 Å². The molecule has 0 aliphatic rings. The second-order valence-corrected chi connectivity index (χ2v) is 6.38. The van der Waals surface area contributed by atoms with Crippen molar-refractivity contribution in [2.75, 3.05) is 26.1 Å². The van der Waals surface area contributed by atoms with Gasteiger partial charge >= 0.3 is 5.97 Å². The van der Waals surface area contributed by atoms with Gasteiger partial charge in [-0.1, -0.05) is 12.1 Å². The highest BCUT2D eigenvalue weighted by atomic mass is 16.5. The number of hydrogen-bond acceptors (Lipinski definition) is 6. The predicted molar refractivity (Wildman–Crippen MR) is 111 cm³/mol. The van der Waals surface area contributed by atoms with Gasteiger partial charge < -0.3 is 24.1 Å². The lowest BCUT2D eigenvalue weighted by molar-refractivity contribution is 0.0526. The molecule has 0 fully saturated rings. The molecule has 0 unspecified atom stereocenters. The summed E-state index contributed by atoms with van der Waals surface area (Å²) in [6.45, 7) is 2.59. The van der Waals surface area contributed by atoms with Gasteiger partial charge in [-0.15, -0.1) is 0 Å². The first-order chi connectivity index (χ1) is 14.5. The molecule has 1 N–H and O–H groups in total. The van der Waals surface area contributed by atoms with E-state index in [1.54, 1.807) is 55.8 Å². The molecule has 3 rings (SSSR count). The van der Waals surface area contributed by atoms with Crippen LogP contribution in [-0.2, 0) is 11.3 Å². The minimum Gasteiger partial charge on any atom is -0.493 e. The maximum Gasteiger partial charge on any atom is 0.338 e. The van der Waals surface area contributed by atoms with Crippen molar-refractivity contribution in [3.63, 3.8) is 0 Å². The van der Waals surface area contributed by atoms with E-state index >= 15 is 0 Å². The SMILES string of the molecule is CCOC(=O)c1cccc(Cn2cnc(NC(=O)c3ccc(OC)c(OC)c3)c2)c1. The van der Waals surface area contributed by atoms with Crippen molar-refractivity contribution in [3.8, 4) is 11.5 Å². The van der Waals surface area contributed by atoms with Gasteiger partial charge in [0.25, 0.3) is 5.91 Å². The number of aromatic nitrogens is 2. The third kappa shape index (κ3) is 4.96. The lowest BCUT2D eigenvalue weighted by Crippen LogP contribution is -2.12. The number of anilines is 1. The largest absolute Gasteiger partial charge is 0.493 e. The molecule has 0 atom stereocenters. The Bertz CT molecular complexity index is 1040. The van der Waals surface area contributed by atoms with E-state index in [1.165, 1.54) is 14.2 Å². The number of methoxy groups -OCH3 is 2. The topological polar surface area (TPSA) is 91.7 Å². The number of imidazole rings is 1. The third-order valence-electron chi connectivity index (χ3n) is 4.32. The van der Waals surface area contributed by atoms with Crippen LogP contribution >= 0.6 is 0 Å². The molecule has 3 aromatic rings. The molecular formula is C22H23N3O5. The van der Waals surface area contributed by atoms with Gasteiger partial charge in [-0.25, -0.2) is 9.78 Å². The summed E-state index contributed by atoms with van der Waals surface area (Å²) in [4.78, 5) is 28.6. The number of hydrogen-bond donors (Lipinski definition) is 1. The zero-order chi connectivity index (χ0) is 21.5. The molecule has 0 saturated heterocycles. The molecule has 2 aromatic carbocycles. The molecule has 0 saturated carbocycles. The summed E-state index contributed by atoms with van der Waals surface area (Å²) in [5.74, 6) is 0.759. The van der Waals surface area contributed by atoms with Gasteiger partial charge in [0.1, 0.15) is 0 Å². The molecule has 8 heteroatoms. The van der Waals surface area contributed by atoms with E-state index in [2.05, 4.69) is 10.3 Å². The highest BCUT2D eigenvalue weighted by Gasteiger charge is 2.12. The monoisotopic (exact) mass is 409 g/mol. The fourth-order valence-corrected chi connectivity index (χ4v) is 2.90. The van der Waals surface area contributed by atoms with E-state index in [4.69, 9.17) is 14.2 Å². The molecular weight excluding hydrogens is 386 g/mol. The Morgan fingerprint density at radius 1 is 1.03 bits per heavy atom. The Labute approximate surface area is 174 Å². The maximum atomic E-state index is 12.5. The van der Waals surface area contributed by atoms with Crippen molar-refractivity contribution in [1.82, 2.24) is 9.55 Å². The number of nitrogens with zero attached hydrogens (tertiary/aromatic N) is 2. The Morgan fingerprint density at radius 3 is 2.57 bits per heavy atom. The summed E-state index contributed by atoms with van der Waals surface area (Å²) in [6.07, 6.45) is 3.33. The average molecular weight is 409 g/mol. The smallest absolute Gasteiger partial charge is 0.338 e. The summed E-state index contributed by atoms with van der Waals surface area (Å²) in [7, 11) is 3.05. The molecule has 0 bridgehead atoms. The van der Waals surface area contributed by atoms with Crippen LogP contribution in [0.4, 0.5) is 5.82 Å². The van der Waals surface area contributed by atoms with Crippen LogP contribution in [0.5, 0.6) is 11.5 Å². The molecule has 0 spiro atoms. The van der Waals surface area contributed by atoms with Gasteiger partial charge in [0.15, 0.2) is 17.3 Å². The number of carbonyl (C=O) groups is 2. The highest BCUT2D eigenvalue weighted by molar-refractivity contribution is 6.04. The van der Waals surface area contributed by atoms with Crippen LogP contribution in [0.3, 0.4) is 0 Å². The molecule has 8 nitrogen and oxygen atoms in total. The number of ether oxygens (including phenoxy) is 3. The minimum atomic E-state index is -0.354. The van der Waals surface area contributed by atoms with E-state index in [0.29, 0.717) is 41.6 Å². The van der Waals surface area contributed by atoms with Gasteiger partial charge in [-0.05, 0) is 42.8 Å². The number of amides is 1. The first-order valence-electron chi connectivity index (χ1n) is 9.35. The van der Waals surface area contributed by atoms with E-state index in [-0.39, 0.29) is 11.9 Å². The van der Waals surface area contributed by atoms with Crippen LogP contribution < -0.4 is 14.8 Å². The molecule has 1 aromatic heterocycles. The van der Waals surface area contributed by atoms with Crippen molar-refractivity contribution in [3.05, 3.63) is 71.7 Å². The highest BCUT2D eigenvalue weighted by Crippen LogP contribution is 2.27. The van der Waals surface area contributed by atoms with Crippen LogP contribution in [0.25, 0.3) is 0 Å². The Morgan fingerprint density at radius 2 is 1.83 bits per heavy atom. The van der Waals surface area contributed by atoms with Gasteiger partial charge in [-0.3, -0.25) is 4.79 Å². The zero-order valence-electron chi connectivity index (χ0n) is 17.0. The number of carbonyl (C=O) groups excluding carboxylic acids is 2. The first kappa shape index (κ1) is 20.9. The second-order valence-electron chi connectivity index (χ2n) is 6.38. The van der Waals surface area contributed by atoms with Gasteiger partial charge in [0.05, 0.1) is 32.7 Å². The second kappa shape index (κ2) is 9.60. The fraction of sp³-hybridized carbons (Fsp3) is 0.227. The number of benzene rings is 2. The molecule has 1 amide bonds. The summed E-state index contributed by atoms with van der Waals surface area (Å²) in [5, 5.41) is 2.76. The van der Waals surface area contributed by atoms with Crippen LogP contribution in [0, 0.1) is 0 Å². The molecule has 0 aliphatic heterocycles. The van der Waals surface area contributed by atoms with Crippen LogP contribution in [0.1, 0.15) is 33.2 Å². The molecule has 30 heavy (non-hydrogen) atoms. The van der Waals surface area contributed by atoms with E-state index in [1.807, 2.05) is 10.6 Å². The fourth-order valence-electron chi connectivity index (χ4n) is 2.90. The summed E-state index contributed by atoms with van der Waals surface area (Å²) < 4.78 is 17.3. The summed E-state index contributed by atoms with van der Waals surface area (Å²) in [6, 6.07) is 12.1. The van der Waals surface area contributed by atoms with E-state index in [9.17, 15) is 9.59 Å². The molecule has 1 heterocycles. The van der Waals surface area contributed by atoms with Crippen molar-refractivity contribution in [1.29, 1.82) is 0 Å². The Balaban J connectivity index is 1.68. The Hall–Kier alpha value is -3.81. The van der Waals surface area contributed by atoms with Gasteiger partial charge in [0.2, 0.25) is 0 Å². The normalized spacial score (nSPS) is 10.4. The van der Waals surface area contributed by atoms with Gasteiger partial charge in [0, 0.05) is 18.3 Å². The van der Waals surface area contributed by atoms with E-state index in [0.717, 1.165) is 5.56 Å². The summed E-state index contributed by atoms with van der Waals surface area (Å²) >= 11 is 0. The van der Waals surface area contributed by atoms with Gasteiger partial charge in [-0.2, -0.15) is 0 Å². The first-order valence-corrected chi connectivity index (χ1v) is 9.35. The minimum absolute atomic E-state index is 0.314. The van der Waals surface area contributed by atoms with Crippen molar-refractivity contribution in [2.24, 2.45) is 0 Å². The molecule has 0 radical (unpaired) electrons. The summed E-state index contributed by atoms with van der Waals surface area (Å²) in [5.41, 5.74) is 1.83.